The number of aryl methyl sites for hydroxylation is 2. The fraction of sp³-hybridized carbons (Fsp3) is 0.409. The molecule has 0 unspecified atom stereocenters. The van der Waals surface area contributed by atoms with Gasteiger partial charge >= 0.3 is 5.97 Å². The lowest BCUT2D eigenvalue weighted by Crippen LogP contribution is -2.25. The van der Waals surface area contributed by atoms with E-state index in [1.165, 1.54) is 30.2 Å². The first-order valence-electron chi connectivity index (χ1n) is 9.90. The Kier molecular flexibility index (Phi) is 7.61. The van der Waals surface area contributed by atoms with Crippen LogP contribution < -0.4 is 15.0 Å². The summed E-state index contributed by atoms with van der Waals surface area (Å²) in [6.45, 7) is 4.22. The van der Waals surface area contributed by atoms with Crippen molar-refractivity contribution in [3.8, 4) is 11.5 Å². The maximum atomic E-state index is 13.3. The van der Waals surface area contributed by atoms with Crippen LogP contribution in [0.3, 0.4) is 0 Å². The molecular weight excluding hydrogens is 436 g/mol. The minimum absolute atomic E-state index is 0.0963. The lowest BCUT2D eigenvalue weighted by molar-refractivity contribution is -0.139. The van der Waals surface area contributed by atoms with Crippen LogP contribution in [0.4, 0.5) is 0 Å². The van der Waals surface area contributed by atoms with Gasteiger partial charge in [-0.25, -0.2) is 4.98 Å². The molecule has 1 aromatic carbocycles. The summed E-state index contributed by atoms with van der Waals surface area (Å²) in [7, 11) is 4.54. The second-order valence-electron chi connectivity index (χ2n) is 6.86. The maximum Gasteiger partial charge on any atom is 0.318 e. The standard InChI is InChI=1S/C22H26N2O5S2/c1-6-15-12-16-19(31-15)23-22(30-13(2)21(26)29-5)24(20(16)25)10-9-14-7-8-17(27-3)18(11-14)28-4/h7-8,11-13H,6,9-10H2,1-5H3/t13-/m0/s1. The van der Waals surface area contributed by atoms with Crippen molar-refractivity contribution in [2.75, 3.05) is 21.3 Å². The molecule has 0 radical (unpaired) electrons. The molecule has 31 heavy (non-hydrogen) atoms. The molecule has 0 aliphatic carbocycles. The first kappa shape index (κ1) is 23.1. The van der Waals surface area contributed by atoms with E-state index in [1.54, 1.807) is 25.7 Å². The van der Waals surface area contributed by atoms with Crippen LogP contribution in [-0.2, 0) is 28.9 Å². The van der Waals surface area contributed by atoms with Gasteiger partial charge in [0.1, 0.15) is 10.1 Å². The van der Waals surface area contributed by atoms with Gasteiger partial charge in [-0.3, -0.25) is 14.2 Å². The van der Waals surface area contributed by atoms with Gasteiger partial charge in [-0.15, -0.1) is 11.3 Å². The van der Waals surface area contributed by atoms with Gasteiger partial charge in [-0.1, -0.05) is 24.8 Å². The number of esters is 1. The average Bonchev–Trinajstić information content (AvgIpc) is 3.21. The largest absolute Gasteiger partial charge is 0.493 e. The fourth-order valence-corrected chi connectivity index (χ4v) is 5.13. The Labute approximate surface area is 189 Å². The van der Waals surface area contributed by atoms with Crippen molar-refractivity contribution in [2.24, 2.45) is 0 Å². The number of aromatic nitrogens is 2. The SMILES string of the molecule is CCc1cc2c(=O)n(CCc3ccc(OC)c(OC)c3)c(S[C@@H](C)C(=O)OC)nc2s1. The smallest absolute Gasteiger partial charge is 0.318 e. The van der Waals surface area contributed by atoms with E-state index in [0.29, 0.717) is 39.8 Å². The van der Waals surface area contributed by atoms with Crippen LogP contribution in [0, 0.1) is 0 Å². The molecule has 0 spiro atoms. The van der Waals surface area contributed by atoms with Crippen molar-refractivity contribution in [2.45, 2.75) is 43.6 Å². The van der Waals surface area contributed by atoms with Crippen LogP contribution >= 0.6 is 23.1 Å². The molecule has 0 saturated carbocycles. The Balaban J connectivity index is 1.98. The normalized spacial score (nSPS) is 12.0. The molecule has 0 aliphatic rings. The Bertz CT molecular complexity index is 1140. The molecule has 2 aromatic heterocycles. The van der Waals surface area contributed by atoms with Crippen LogP contribution in [0.15, 0.2) is 34.2 Å². The molecule has 166 valence electrons. The van der Waals surface area contributed by atoms with Gasteiger partial charge in [0.2, 0.25) is 0 Å². The minimum atomic E-state index is -0.479. The number of thiophene rings is 1. The Hall–Kier alpha value is -2.52. The molecule has 0 bridgehead atoms. The molecule has 7 nitrogen and oxygen atoms in total. The first-order valence-corrected chi connectivity index (χ1v) is 11.6. The van der Waals surface area contributed by atoms with E-state index in [-0.39, 0.29) is 11.5 Å². The van der Waals surface area contributed by atoms with Gasteiger partial charge in [0.05, 0.1) is 26.7 Å². The van der Waals surface area contributed by atoms with Crippen LogP contribution in [0.1, 0.15) is 24.3 Å². The Morgan fingerprint density at radius 2 is 1.94 bits per heavy atom. The van der Waals surface area contributed by atoms with Crippen molar-refractivity contribution < 1.29 is 19.0 Å². The van der Waals surface area contributed by atoms with Crippen molar-refractivity contribution in [1.29, 1.82) is 0 Å². The van der Waals surface area contributed by atoms with Crippen molar-refractivity contribution in [3.63, 3.8) is 0 Å². The lowest BCUT2D eigenvalue weighted by Gasteiger charge is -2.15. The number of rotatable bonds is 9. The second-order valence-corrected chi connectivity index (χ2v) is 9.28. The first-order chi connectivity index (χ1) is 14.9. The van der Waals surface area contributed by atoms with E-state index < -0.39 is 5.25 Å². The fourth-order valence-electron chi connectivity index (χ4n) is 3.16. The molecule has 0 amide bonds. The van der Waals surface area contributed by atoms with Gasteiger partial charge in [0.25, 0.3) is 5.56 Å². The van der Waals surface area contributed by atoms with Crippen molar-refractivity contribution >= 4 is 39.3 Å². The van der Waals surface area contributed by atoms with E-state index in [0.717, 1.165) is 16.9 Å². The number of nitrogens with zero attached hydrogens (tertiary/aromatic N) is 2. The predicted molar refractivity (Wildman–Crippen MR) is 124 cm³/mol. The maximum absolute atomic E-state index is 13.3. The number of carbonyl (C=O) groups excluding carboxylic acids is 1. The third-order valence-electron chi connectivity index (χ3n) is 4.90. The van der Waals surface area contributed by atoms with Gasteiger partial charge in [0.15, 0.2) is 16.7 Å². The number of carbonyl (C=O) groups is 1. The van der Waals surface area contributed by atoms with E-state index in [4.69, 9.17) is 19.2 Å². The predicted octanol–water partition coefficient (Wildman–Crippen LogP) is 3.93. The van der Waals surface area contributed by atoms with Crippen LogP contribution in [-0.4, -0.2) is 42.1 Å². The highest BCUT2D eigenvalue weighted by Gasteiger charge is 2.21. The Morgan fingerprint density at radius 3 is 2.58 bits per heavy atom. The van der Waals surface area contributed by atoms with Gasteiger partial charge in [0, 0.05) is 11.4 Å². The topological polar surface area (TPSA) is 79.7 Å². The third-order valence-corrected chi connectivity index (χ3v) is 7.14. The summed E-state index contributed by atoms with van der Waals surface area (Å²) >= 11 is 2.75. The molecule has 3 aromatic rings. The van der Waals surface area contributed by atoms with Crippen LogP contribution in [0.2, 0.25) is 0 Å². The van der Waals surface area contributed by atoms with Gasteiger partial charge in [-0.05, 0) is 43.5 Å². The molecule has 3 rings (SSSR count). The quantitative estimate of drug-likeness (QED) is 0.271. The summed E-state index contributed by atoms with van der Waals surface area (Å²) in [6.07, 6.45) is 1.44. The molecule has 0 saturated heterocycles. The zero-order valence-electron chi connectivity index (χ0n) is 18.3. The summed E-state index contributed by atoms with van der Waals surface area (Å²) < 4.78 is 17.2. The van der Waals surface area contributed by atoms with Crippen LogP contribution in [0.5, 0.6) is 11.5 Å². The molecule has 1 atom stereocenters. The molecule has 0 fully saturated rings. The summed E-state index contributed by atoms with van der Waals surface area (Å²) in [5.74, 6) is 0.937. The van der Waals surface area contributed by atoms with E-state index in [9.17, 15) is 9.59 Å². The zero-order valence-corrected chi connectivity index (χ0v) is 19.9. The number of fused-ring (bicyclic) bond motifs is 1. The zero-order chi connectivity index (χ0) is 22.5. The molecule has 0 aliphatic heterocycles. The molecule has 2 heterocycles. The highest BCUT2D eigenvalue weighted by atomic mass is 32.2. The lowest BCUT2D eigenvalue weighted by atomic mass is 10.1. The third kappa shape index (κ3) is 5.04. The monoisotopic (exact) mass is 462 g/mol. The number of benzene rings is 1. The van der Waals surface area contributed by atoms with E-state index in [2.05, 4.69) is 6.92 Å². The molecule has 9 heteroatoms. The van der Waals surface area contributed by atoms with E-state index >= 15 is 0 Å². The molecular formula is C22H26N2O5S2. The van der Waals surface area contributed by atoms with Crippen LogP contribution in [0.25, 0.3) is 10.2 Å². The highest BCUT2D eigenvalue weighted by Crippen LogP contribution is 2.29. The van der Waals surface area contributed by atoms with E-state index in [1.807, 2.05) is 24.3 Å². The highest BCUT2D eigenvalue weighted by molar-refractivity contribution is 8.00. The number of ether oxygens (including phenoxy) is 3. The number of hydrogen-bond donors (Lipinski definition) is 0. The summed E-state index contributed by atoms with van der Waals surface area (Å²) in [5.41, 5.74) is 0.905. The van der Waals surface area contributed by atoms with Crippen molar-refractivity contribution in [1.82, 2.24) is 9.55 Å². The van der Waals surface area contributed by atoms with Gasteiger partial charge in [-0.2, -0.15) is 0 Å². The Morgan fingerprint density at radius 1 is 1.19 bits per heavy atom. The second kappa shape index (κ2) is 10.2. The van der Waals surface area contributed by atoms with Crippen molar-refractivity contribution in [3.05, 3.63) is 45.1 Å². The summed E-state index contributed by atoms with van der Waals surface area (Å²) in [6, 6.07) is 7.61. The summed E-state index contributed by atoms with van der Waals surface area (Å²) in [4.78, 5) is 31.8. The number of methoxy groups -OCH3 is 3. The van der Waals surface area contributed by atoms with Gasteiger partial charge < -0.3 is 14.2 Å². The number of thioether (sulfide) groups is 1. The average molecular weight is 463 g/mol. The molecule has 0 N–H and O–H groups in total. The number of hydrogen-bond acceptors (Lipinski definition) is 8. The summed E-state index contributed by atoms with van der Waals surface area (Å²) in [5, 5.41) is 0.650. The minimum Gasteiger partial charge on any atom is -0.493 e.